The first kappa shape index (κ1) is 27.3. The zero-order valence-corrected chi connectivity index (χ0v) is 24.3. The van der Waals surface area contributed by atoms with Gasteiger partial charge in [0, 0.05) is 50.3 Å². The molecule has 0 radical (unpaired) electrons. The molecule has 2 aromatic heterocycles. The number of fused-ring (bicyclic) bond motifs is 2. The van der Waals surface area contributed by atoms with Crippen molar-refractivity contribution in [3.05, 3.63) is 111 Å². The van der Waals surface area contributed by atoms with E-state index in [0.29, 0.717) is 17.9 Å². The Morgan fingerprint density at radius 1 is 0.884 bits per heavy atom. The van der Waals surface area contributed by atoms with Gasteiger partial charge in [0.15, 0.2) is 17.3 Å². The van der Waals surface area contributed by atoms with Gasteiger partial charge in [0.2, 0.25) is 6.79 Å². The van der Waals surface area contributed by atoms with E-state index < -0.39 is 0 Å². The van der Waals surface area contributed by atoms with Gasteiger partial charge in [-0.15, -0.1) is 5.10 Å². The number of tetrazole rings is 1. The summed E-state index contributed by atoms with van der Waals surface area (Å²) in [6.07, 6.45) is 1.72. The molecule has 0 saturated carbocycles. The van der Waals surface area contributed by atoms with Gasteiger partial charge in [-0.25, -0.2) is 4.68 Å². The zero-order valence-electron chi connectivity index (χ0n) is 24.3. The highest BCUT2D eigenvalue weighted by molar-refractivity contribution is 5.80. The minimum Gasteiger partial charge on any atom is -0.454 e. The molecule has 1 fully saturated rings. The normalized spacial score (nSPS) is 16.1. The summed E-state index contributed by atoms with van der Waals surface area (Å²) in [4.78, 5) is 21.6. The topological polar surface area (TPSA) is 101 Å². The summed E-state index contributed by atoms with van der Waals surface area (Å²) in [6, 6.07) is 24.4. The van der Waals surface area contributed by atoms with Gasteiger partial charge in [-0.2, -0.15) is 0 Å². The number of nitrogens with zero attached hydrogens (tertiary/aromatic N) is 6. The SMILES string of the molecule is CCc1ccc2[nH]c(=O)c([C@H](c3nnnn3CCc3ccccc3)N3CCN(Cc4ccc5c(c4)OCO5)CC3)cc2c1. The number of H-pyrrole nitrogens is 1. The fourth-order valence-electron chi connectivity index (χ4n) is 6.12. The van der Waals surface area contributed by atoms with E-state index in [0.717, 1.165) is 68.0 Å². The maximum Gasteiger partial charge on any atom is 0.253 e. The Hall–Kier alpha value is -4.54. The second-order valence-corrected chi connectivity index (χ2v) is 11.2. The molecule has 10 nitrogen and oxygen atoms in total. The molecule has 4 heterocycles. The summed E-state index contributed by atoms with van der Waals surface area (Å²) < 4.78 is 12.9. The number of hydrogen-bond acceptors (Lipinski definition) is 8. The van der Waals surface area contributed by atoms with E-state index in [-0.39, 0.29) is 18.4 Å². The number of benzene rings is 3. The molecule has 1 N–H and O–H groups in total. The van der Waals surface area contributed by atoms with Crippen LogP contribution >= 0.6 is 0 Å². The monoisotopic (exact) mass is 577 g/mol. The maximum absolute atomic E-state index is 13.7. The van der Waals surface area contributed by atoms with Gasteiger partial charge in [0.25, 0.3) is 5.56 Å². The predicted octanol–water partition coefficient (Wildman–Crippen LogP) is 3.96. The van der Waals surface area contributed by atoms with Crippen LogP contribution in [0.5, 0.6) is 11.5 Å². The van der Waals surface area contributed by atoms with E-state index in [1.807, 2.05) is 41.1 Å². The Balaban J connectivity index is 1.18. The third-order valence-corrected chi connectivity index (χ3v) is 8.51. The maximum atomic E-state index is 13.7. The van der Waals surface area contributed by atoms with Crippen molar-refractivity contribution in [2.45, 2.75) is 38.9 Å². The van der Waals surface area contributed by atoms with Gasteiger partial charge < -0.3 is 14.5 Å². The van der Waals surface area contributed by atoms with Crippen LogP contribution in [0, 0.1) is 0 Å². The Labute approximate surface area is 249 Å². The summed E-state index contributed by atoms with van der Waals surface area (Å²) in [6.45, 7) is 7.10. The first-order valence-corrected chi connectivity index (χ1v) is 15.0. The van der Waals surface area contributed by atoms with Crippen LogP contribution in [-0.2, 0) is 25.9 Å². The van der Waals surface area contributed by atoms with Crippen LogP contribution in [0.15, 0.2) is 77.6 Å². The zero-order chi connectivity index (χ0) is 29.2. The van der Waals surface area contributed by atoms with Gasteiger partial charge in [0.1, 0.15) is 6.04 Å². The molecule has 5 aromatic rings. The number of aryl methyl sites for hydroxylation is 3. The van der Waals surface area contributed by atoms with Crippen molar-refractivity contribution in [2.75, 3.05) is 33.0 Å². The quantitative estimate of drug-likeness (QED) is 0.281. The van der Waals surface area contributed by atoms with E-state index in [1.54, 1.807) is 0 Å². The number of piperazine rings is 1. The van der Waals surface area contributed by atoms with Gasteiger partial charge >= 0.3 is 0 Å². The second-order valence-electron chi connectivity index (χ2n) is 11.2. The van der Waals surface area contributed by atoms with Crippen LogP contribution in [0.4, 0.5) is 0 Å². The minimum absolute atomic E-state index is 0.109. The lowest BCUT2D eigenvalue weighted by Crippen LogP contribution is -2.48. The Kier molecular flexibility index (Phi) is 7.61. The van der Waals surface area contributed by atoms with Crippen molar-refractivity contribution in [1.29, 1.82) is 0 Å². The molecule has 0 aliphatic carbocycles. The number of nitrogens with one attached hydrogen (secondary N) is 1. The molecule has 220 valence electrons. The first-order valence-electron chi connectivity index (χ1n) is 15.0. The first-order chi connectivity index (χ1) is 21.1. The van der Waals surface area contributed by atoms with Crippen molar-refractivity contribution in [3.8, 4) is 11.5 Å². The van der Waals surface area contributed by atoms with Crippen LogP contribution < -0.4 is 15.0 Å². The van der Waals surface area contributed by atoms with E-state index >= 15 is 0 Å². The highest BCUT2D eigenvalue weighted by Gasteiger charge is 2.33. The molecule has 1 atom stereocenters. The summed E-state index contributed by atoms with van der Waals surface area (Å²) in [7, 11) is 0. The van der Waals surface area contributed by atoms with E-state index in [9.17, 15) is 4.79 Å². The van der Waals surface area contributed by atoms with Crippen LogP contribution in [0.3, 0.4) is 0 Å². The van der Waals surface area contributed by atoms with Crippen molar-refractivity contribution in [2.24, 2.45) is 0 Å². The second kappa shape index (κ2) is 12.0. The molecule has 7 rings (SSSR count). The molecule has 0 unspecified atom stereocenters. The van der Waals surface area contributed by atoms with E-state index in [2.05, 4.69) is 73.6 Å². The molecular weight excluding hydrogens is 542 g/mol. The number of rotatable bonds is 9. The van der Waals surface area contributed by atoms with Crippen molar-refractivity contribution in [3.63, 3.8) is 0 Å². The lowest BCUT2D eigenvalue weighted by Gasteiger charge is -2.38. The van der Waals surface area contributed by atoms with Crippen molar-refractivity contribution in [1.82, 2.24) is 35.0 Å². The Morgan fingerprint density at radius 2 is 1.70 bits per heavy atom. The van der Waals surface area contributed by atoms with Crippen molar-refractivity contribution < 1.29 is 9.47 Å². The molecule has 2 aliphatic rings. The summed E-state index contributed by atoms with van der Waals surface area (Å²) in [5.41, 5.74) is 5.03. The molecule has 0 amide bonds. The van der Waals surface area contributed by atoms with Gasteiger partial charge in [-0.3, -0.25) is 14.6 Å². The average molecular weight is 578 g/mol. The van der Waals surface area contributed by atoms with Crippen LogP contribution in [-0.4, -0.2) is 68.0 Å². The number of aromatic nitrogens is 5. The van der Waals surface area contributed by atoms with Crippen molar-refractivity contribution >= 4 is 10.9 Å². The fraction of sp³-hybridized carbons (Fsp3) is 0.333. The van der Waals surface area contributed by atoms with Crippen LogP contribution in [0.1, 0.15) is 41.0 Å². The van der Waals surface area contributed by atoms with Crippen LogP contribution in [0.25, 0.3) is 10.9 Å². The standard InChI is InChI=1S/C33H35N7O3/c1-2-23-8-10-28-26(18-23)20-27(33(41)34-28)31(32-35-36-37-40(32)13-12-24-6-4-3-5-7-24)39-16-14-38(15-17-39)21-25-9-11-29-30(19-25)43-22-42-29/h3-11,18-20,31H,2,12-17,21-22H2,1H3,(H,34,41)/t31-/m1/s1. The molecule has 1 saturated heterocycles. The van der Waals surface area contributed by atoms with E-state index in [4.69, 9.17) is 9.47 Å². The number of aromatic amines is 1. The third-order valence-electron chi connectivity index (χ3n) is 8.51. The number of pyridine rings is 1. The fourth-order valence-corrected chi connectivity index (χ4v) is 6.12. The molecule has 0 spiro atoms. The highest BCUT2D eigenvalue weighted by Crippen LogP contribution is 2.33. The van der Waals surface area contributed by atoms with Gasteiger partial charge in [0.05, 0.1) is 0 Å². The predicted molar refractivity (Wildman–Crippen MR) is 163 cm³/mol. The molecule has 0 bridgehead atoms. The van der Waals surface area contributed by atoms with Crippen LogP contribution in [0.2, 0.25) is 0 Å². The minimum atomic E-state index is -0.378. The van der Waals surface area contributed by atoms with Gasteiger partial charge in [-0.05, 0) is 75.7 Å². The molecular formula is C33H35N7O3. The largest absolute Gasteiger partial charge is 0.454 e. The summed E-state index contributed by atoms with van der Waals surface area (Å²) in [5.74, 6) is 2.30. The Morgan fingerprint density at radius 3 is 2.53 bits per heavy atom. The molecule has 3 aromatic carbocycles. The number of hydrogen-bond donors (Lipinski definition) is 1. The third kappa shape index (κ3) is 5.76. The summed E-state index contributed by atoms with van der Waals surface area (Å²) in [5, 5.41) is 14.0. The molecule has 10 heteroatoms. The average Bonchev–Trinajstić information content (AvgIpc) is 3.71. The highest BCUT2D eigenvalue weighted by atomic mass is 16.7. The lowest BCUT2D eigenvalue weighted by molar-refractivity contribution is 0.0996. The van der Waals surface area contributed by atoms with Gasteiger partial charge in [-0.1, -0.05) is 49.4 Å². The molecule has 43 heavy (non-hydrogen) atoms. The number of ether oxygens (including phenoxy) is 2. The lowest BCUT2D eigenvalue weighted by atomic mass is 10.0. The smallest absolute Gasteiger partial charge is 0.253 e. The molecule has 2 aliphatic heterocycles. The van der Waals surface area contributed by atoms with E-state index in [1.165, 1.54) is 16.7 Å². The Bertz CT molecular complexity index is 1780. The summed E-state index contributed by atoms with van der Waals surface area (Å²) >= 11 is 0.